The van der Waals surface area contributed by atoms with E-state index in [1.165, 1.54) is 7.11 Å². The largest absolute Gasteiger partial charge is 0.469 e. The molecule has 0 fully saturated rings. The van der Waals surface area contributed by atoms with Crippen LogP contribution < -0.4 is 0 Å². The number of benzene rings is 1. The summed E-state index contributed by atoms with van der Waals surface area (Å²) in [5.74, 6) is -0.199. The Morgan fingerprint density at radius 3 is 2.59 bits per heavy atom. The van der Waals surface area contributed by atoms with Crippen molar-refractivity contribution in [3.8, 4) is 0 Å². The predicted molar refractivity (Wildman–Crippen MR) is 69.3 cm³/mol. The van der Waals surface area contributed by atoms with Crippen LogP contribution in [0.1, 0.15) is 35.2 Å². The second kappa shape index (κ2) is 7.22. The lowest BCUT2D eigenvalue weighted by atomic mass is 10.0. The van der Waals surface area contributed by atoms with E-state index in [1.54, 1.807) is 0 Å². The van der Waals surface area contributed by atoms with Crippen LogP contribution in [0.4, 0.5) is 0 Å². The third-order valence-electron chi connectivity index (χ3n) is 2.47. The summed E-state index contributed by atoms with van der Waals surface area (Å²) in [5.41, 5.74) is 1.71. The average Bonchev–Trinajstić information content (AvgIpc) is 2.38. The maximum absolute atomic E-state index is 11.9. The molecule has 0 unspecified atom stereocenters. The Balaban J connectivity index is 2.55. The normalized spacial score (nSPS) is 10.0. The molecule has 1 rings (SSSR count). The van der Waals surface area contributed by atoms with Crippen LogP contribution in [0, 0.1) is 0 Å². The van der Waals surface area contributed by atoms with E-state index in [4.69, 9.17) is 0 Å². The van der Waals surface area contributed by atoms with Gasteiger partial charge in [0.25, 0.3) is 0 Å². The van der Waals surface area contributed by atoms with E-state index >= 15 is 0 Å². The highest BCUT2D eigenvalue weighted by molar-refractivity contribution is 9.08. The van der Waals surface area contributed by atoms with E-state index in [1.807, 2.05) is 24.3 Å². The van der Waals surface area contributed by atoms with Gasteiger partial charge in [-0.3, -0.25) is 9.59 Å². The van der Waals surface area contributed by atoms with Crippen molar-refractivity contribution < 1.29 is 14.3 Å². The molecule has 0 saturated heterocycles. The monoisotopic (exact) mass is 298 g/mol. The zero-order valence-electron chi connectivity index (χ0n) is 9.74. The van der Waals surface area contributed by atoms with E-state index in [9.17, 15) is 9.59 Å². The third kappa shape index (κ3) is 4.30. The number of alkyl halides is 1. The number of carbonyl (C=O) groups excluding carboxylic acids is 2. The molecule has 0 radical (unpaired) electrons. The van der Waals surface area contributed by atoms with Gasteiger partial charge in [-0.1, -0.05) is 40.2 Å². The number of halogens is 1. The number of ether oxygens (including phenoxy) is 1. The van der Waals surface area contributed by atoms with E-state index < -0.39 is 0 Å². The minimum atomic E-state index is -0.272. The average molecular weight is 299 g/mol. The second-order valence-electron chi connectivity index (χ2n) is 3.64. The van der Waals surface area contributed by atoms with Crippen LogP contribution in [0.15, 0.2) is 24.3 Å². The molecule has 3 nitrogen and oxygen atoms in total. The van der Waals surface area contributed by atoms with E-state index in [0.717, 1.165) is 11.1 Å². The minimum Gasteiger partial charge on any atom is -0.469 e. The highest BCUT2D eigenvalue weighted by Gasteiger charge is 2.10. The van der Waals surface area contributed by atoms with Crippen LogP contribution in [-0.2, 0) is 14.9 Å². The quantitative estimate of drug-likeness (QED) is 0.460. The molecule has 0 saturated carbocycles. The van der Waals surface area contributed by atoms with Crippen molar-refractivity contribution in [3.63, 3.8) is 0 Å². The summed E-state index contributed by atoms with van der Waals surface area (Å²) in [4.78, 5) is 22.8. The maximum atomic E-state index is 11.9. The van der Waals surface area contributed by atoms with Gasteiger partial charge in [0.15, 0.2) is 5.78 Å². The van der Waals surface area contributed by atoms with Crippen molar-refractivity contribution in [1.82, 2.24) is 0 Å². The van der Waals surface area contributed by atoms with E-state index in [2.05, 4.69) is 20.7 Å². The Bertz CT molecular complexity index is 401. The number of carbonyl (C=O) groups is 2. The molecule has 0 aromatic heterocycles. The predicted octanol–water partition coefficient (Wildman–Crippen LogP) is 3.11. The number of rotatable bonds is 6. The van der Waals surface area contributed by atoms with Gasteiger partial charge in [0.1, 0.15) is 0 Å². The van der Waals surface area contributed by atoms with Gasteiger partial charge < -0.3 is 4.74 Å². The number of Topliss-reactive ketones (excluding diaryl/α,β-unsaturated/α-hetero) is 1. The van der Waals surface area contributed by atoms with Gasteiger partial charge in [0.2, 0.25) is 0 Å². The molecule has 0 heterocycles. The first-order valence-electron chi connectivity index (χ1n) is 5.43. The molecule has 17 heavy (non-hydrogen) atoms. The van der Waals surface area contributed by atoms with Crippen LogP contribution >= 0.6 is 15.9 Å². The fraction of sp³-hybridized carbons (Fsp3) is 0.385. The number of esters is 1. The molecule has 4 heteroatoms. The fourth-order valence-electron chi connectivity index (χ4n) is 1.54. The lowest BCUT2D eigenvalue weighted by molar-refractivity contribution is -0.140. The molecule has 0 amide bonds. The van der Waals surface area contributed by atoms with Gasteiger partial charge in [-0.05, 0) is 12.0 Å². The minimum absolute atomic E-state index is 0.0731. The van der Waals surface area contributed by atoms with Crippen molar-refractivity contribution in [2.45, 2.75) is 24.6 Å². The number of ketones is 1. The van der Waals surface area contributed by atoms with E-state index in [0.29, 0.717) is 24.6 Å². The summed E-state index contributed by atoms with van der Waals surface area (Å²) in [5, 5.41) is 0.659. The Labute approximate surface area is 109 Å². The van der Waals surface area contributed by atoms with Gasteiger partial charge >= 0.3 is 5.97 Å². The number of methoxy groups -OCH3 is 1. The molecule has 0 aliphatic carbocycles. The lowest BCUT2D eigenvalue weighted by Gasteiger charge is -2.05. The summed E-state index contributed by atoms with van der Waals surface area (Å²) in [6, 6.07) is 7.49. The van der Waals surface area contributed by atoms with Crippen LogP contribution in [0.3, 0.4) is 0 Å². The molecular formula is C13H15BrO3. The van der Waals surface area contributed by atoms with Crippen molar-refractivity contribution in [1.29, 1.82) is 0 Å². The number of hydrogen-bond donors (Lipinski definition) is 0. The molecule has 0 aliphatic heterocycles. The zero-order chi connectivity index (χ0) is 12.7. The topological polar surface area (TPSA) is 43.4 Å². The third-order valence-corrected chi connectivity index (χ3v) is 3.08. The Hall–Kier alpha value is -1.16. The Kier molecular flexibility index (Phi) is 5.91. The van der Waals surface area contributed by atoms with Crippen LogP contribution in [-0.4, -0.2) is 18.9 Å². The molecule has 1 aromatic rings. The standard InChI is InChI=1S/C13H15BrO3/c1-17-13(16)8-4-7-12(15)11-6-3-2-5-10(11)9-14/h2-3,5-6H,4,7-9H2,1H3. The van der Waals surface area contributed by atoms with Gasteiger partial charge in [0.05, 0.1) is 7.11 Å². The van der Waals surface area contributed by atoms with Gasteiger partial charge in [-0.25, -0.2) is 0 Å². The summed E-state index contributed by atoms with van der Waals surface area (Å²) < 4.78 is 4.52. The van der Waals surface area contributed by atoms with Crippen molar-refractivity contribution in [2.75, 3.05) is 7.11 Å². The van der Waals surface area contributed by atoms with Crippen molar-refractivity contribution >= 4 is 27.7 Å². The molecule has 0 N–H and O–H groups in total. The van der Waals surface area contributed by atoms with Crippen LogP contribution in [0.5, 0.6) is 0 Å². The maximum Gasteiger partial charge on any atom is 0.305 e. The molecule has 92 valence electrons. The van der Waals surface area contributed by atoms with Crippen molar-refractivity contribution in [3.05, 3.63) is 35.4 Å². The smallest absolute Gasteiger partial charge is 0.305 e. The molecule has 0 spiro atoms. The zero-order valence-corrected chi connectivity index (χ0v) is 11.3. The SMILES string of the molecule is COC(=O)CCCC(=O)c1ccccc1CBr. The molecule has 0 atom stereocenters. The van der Waals surface area contributed by atoms with Crippen LogP contribution in [0.25, 0.3) is 0 Å². The Morgan fingerprint density at radius 2 is 1.94 bits per heavy atom. The van der Waals surface area contributed by atoms with E-state index in [-0.39, 0.29) is 11.8 Å². The number of hydrogen-bond acceptors (Lipinski definition) is 3. The molecular weight excluding hydrogens is 284 g/mol. The molecule has 1 aromatic carbocycles. The van der Waals surface area contributed by atoms with Crippen LogP contribution in [0.2, 0.25) is 0 Å². The van der Waals surface area contributed by atoms with Gasteiger partial charge in [0, 0.05) is 23.7 Å². The fourth-order valence-corrected chi connectivity index (χ4v) is 2.03. The summed E-state index contributed by atoms with van der Waals surface area (Å²) in [6.45, 7) is 0. The highest BCUT2D eigenvalue weighted by Crippen LogP contribution is 2.15. The first-order valence-corrected chi connectivity index (χ1v) is 6.55. The molecule has 0 bridgehead atoms. The molecule has 0 aliphatic rings. The highest BCUT2D eigenvalue weighted by atomic mass is 79.9. The first-order chi connectivity index (χ1) is 8.19. The van der Waals surface area contributed by atoms with Gasteiger partial charge in [-0.2, -0.15) is 0 Å². The van der Waals surface area contributed by atoms with Crippen molar-refractivity contribution in [2.24, 2.45) is 0 Å². The summed E-state index contributed by atoms with van der Waals surface area (Å²) >= 11 is 3.35. The second-order valence-corrected chi connectivity index (χ2v) is 4.20. The van der Waals surface area contributed by atoms with Gasteiger partial charge in [-0.15, -0.1) is 0 Å². The summed E-state index contributed by atoms with van der Waals surface area (Å²) in [6.07, 6.45) is 1.19. The first kappa shape index (κ1) is 13.9. The lowest BCUT2D eigenvalue weighted by Crippen LogP contribution is -2.05. The summed E-state index contributed by atoms with van der Waals surface area (Å²) in [7, 11) is 1.35. The Morgan fingerprint density at radius 1 is 1.24 bits per heavy atom.